The van der Waals surface area contributed by atoms with E-state index in [0.29, 0.717) is 19.4 Å². The molecule has 3 nitrogen and oxygen atoms in total. The molecule has 0 aliphatic carbocycles. The largest absolute Gasteiger partial charge is 0.412 e. The van der Waals surface area contributed by atoms with Crippen molar-refractivity contribution < 1.29 is 18.0 Å². The molecule has 98 valence electrons. The lowest BCUT2D eigenvalue weighted by Crippen LogP contribution is -2.36. The first-order valence-corrected chi connectivity index (χ1v) is 5.69. The molecule has 2 N–H and O–H groups in total. The molecule has 1 rings (SSSR count). The van der Waals surface area contributed by atoms with Crippen LogP contribution in [0.5, 0.6) is 0 Å². The number of halogens is 3. The van der Waals surface area contributed by atoms with Crippen molar-refractivity contribution in [1.29, 1.82) is 0 Å². The minimum atomic E-state index is -4.26. The lowest BCUT2D eigenvalue weighted by molar-refractivity contribution is -0.132. The lowest BCUT2D eigenvalue weighted by atomic mass is 10.1. The minimum absolute atomic E-state index is 0.0658. The molecule has 1 amide bonds. The van der Waals surface area contributed by atoms with Gasteiger partial charge in [0.2, 0.25) is 5.91 Å². The third-order valence-corrected chi connectivity index (χ3v) is 2.77. The van der Waals surface area contributed by atoms with Crippen LogP contribution in [0.3, 0.4) is 0 Å². The molecule has 0 aromatic carbocycles. The third kappa shape index (κ3) is 4.38. The quantitative estimate of drug-likeness (QED) is 0.611. The van der Waals surface area contributed by atoms with Gasteiger partial charge in [-0.3, -0.25) is 4.79 Å². The molecule has 1 heterocycles. The zero-order valence-corrected chi connectivity index (χ0v) is 9.59. The Morgan fingerprint density at radius 2 is 2.12 bits per heavy atom. The summed E-state index contributed by atoms with van der Waals surface area (Å²) in [5.41, 5.74) is 4.78. The summed E-state index contributed by atoms with van der Waals surface area (Å²) >= 11 is 0. The van der Waals surface area contributed by atoms with Crippen LogP contribution in [0.25, 0.3) is 0 Å². The maximum Gasteiger partial charge on any atom is 0.412 e. The van der Waals surface area contributed by atoms with Gasteiger partial charge in [-0.15, -0.1) is 0 Å². The highest BCUT2D eigenvalue weighted by Crippen LogP contribution is 2.30. The average Bonchev–Trinajstić information content (AvgIpc) is 2.28. The zero-order chi connectivity index (χ0) is 12.9. The number of unbranched alkanes of at least 4 members (excludes halogenated alkanes) is 1. The molecule has 0 radical (unpaired) electrons. The molecule has 0 fully saturated rings. The van der Waals surface area contributed by atoms with Gasteiger partial charge in [-0.2, -0.15) is 13.2 Å². The Morgan fingerprint density at radius 3 is 2.59 bits per heavy atom. The summed E-state index contributed by atoms with van der Waals surface area (Å²) in [6.45, 7) is 0.758. The van der Waals surface area contributed by atoms with E-state index in [1.54, 1.807) is 0 Å². The highest BCUT2D eigenvalue weighted by molar-refractivity contribution is 5.76. The minimum Gasteiger partial charge on any atom is -0.339 e. The lowest BCUT2D eigenvalue weighted by Gasteiger charge is -2.27. The molecule has 0 spiro atoms. The number of amides is 1. The summed E-state index contributed by atoms with van der Waals surface area (Å²) in [5, 5.41) is 0. The molecule has 0 bridgehead atoms. The first-order valence-electron chi connectivity index (χ1n) is 5.69. The summed E-state index contributed by atoms with van der Waals surface area (Å²) in [7, 11) is 0. The Bertz CT molecular complexity index is 300. The molecule has 0 saturated carbocycles. The fourth-order valence-corrected chi connectivity index (χ4v) is 1.73. The van der Waals surface area contributed by atoms with E-state index in [0.717, 1.165) is 12.5 Å². The van der Waals surface area contributed by atoms with Gasteiger partial charge in [0.25, 0.3) is 0 Å². The summed E-state index contributed by atoms with van der Waals surface area (Å²) in [6.07, 6.45) is -1.43. The van der Waals surface area contributed by atoms with Crippen molar-refractivity contribution in [2.75, 3.05) is 19.6 Å². The van der Waals surface area contributed by atoms with Crippen molar-refractivity contribution in [3.05, 3.63) is 11.6 Å². The Kier molecular flexibility index (Phi) is 4.99. The van der Waals surface area contributed by atoms with Crippen molar-refractivity contribution in [3.63, 3.8) is 0 Å². The summed E-state index contributed by atoms with van der Waals surface area (Å²) in [6, 6.07) is 0. The second kappa shape index (κ2) is 6.05. The van der Waals surface area contributed by atoms with Gasteiger partial charge in [0.1, 0.15) is 0 Å². The van der Waals surface area contributed by atoms with Gasteiger partial charge in [0.05, 0.1) is 0 Å². The molecule has 0 aromatic rings. The summed E-state index contributed by atoms with van der Waals surface area (Å²) in [4.78, 5) is 13.1. The van der Waals surface area contributed by atoms with E-state index in [1.165, 1.54) is 4.90 Å². The topological polar surface area (TPSA) is 46.3 Å². The molecule has 0 saturated heterocycles. The number of carbonyl (C=O) groups is 1. The number of hydrogen-bond donors (Lipinski definition) is 1. The van der Waals surface area contributed by atoms with Crippen LogP contribution in [0.4, 0.5) is 13.2 Å². The Labute approximate surface area is 98.5 Å². The van der Waals surface area contributed by atoms with Gasteiger partial charge in [-0.05, 0) is 25.8 Å². The molecule has 6 heteroatoms. The first kappa shape index (κ1) is 14.0. The van der Waals surface area contributed by atoms with Crippen molar-refractivity contribution >= 4 is 5.91 Å². The van der Waals surface area contributed by atoms with Gasteiger partial charge in [-0.25, -0.2) is 0 Å². The van der Waals surface area contributed by atoms with E-state index < -0.39 is 11.7 Å². The van der Waals surface area contributed by atoms with E-state index in [2.05, 4.69) is 0 Å². The Balaban J connectivity index is 2.41. The molecule has 17 heavy (non-hydrogen) atoms. The van der Waals surface area contributed by atoms with E-state index in [4.69, 9.17) is 5.73 Å². The van der Waals surface area contributed by atoms with Crippen LogP contribution in [0.1, 0.15) is 25.7 Å². The monoisotopic (exact) mass is 250 g/mol. The van der Waals surface area contributed by atoms with Gasteiger partial charge in [-0.1, -0.05) is 6.08 Å². The number of rotatable bonds is 4. The number of carbonyl (C=O) groups excluding carboxylic acids is 1. The SMILES string of the molecule is NCCCCC(=O)N1CC=C(C(F)(F)F)CC1. The molecule has 0 atom stereocenters. The normalized spacial score (nSPS) is 16.9. The molecule has 0 aromatic heterocycles. The second-order valence-electron chi connectivity index (χ2n) is 4.06. The van der Waals surface area contributed by atoms with E-state index in [9.17, 15) is 18.0 Å². The third-order valence-electron chi connectivity index (χ3n) is 2.77. The van der Waals surface area contributed by atoms with Gasteiger partial charge in [0.15, 0.2) is 0 Å². The second-order valence-corrected chi connectivity index (χ2v) is 4.06. The average molecular weight is 250 g/mol. The van der Waals surface area contributed by atoms with Crippen LogP contribution >= 0.6 is 0 Å². The van der Waals surface area contributed by atoms with Crippen LogP contribution in [-0.2, 0) is 4.79 Å². The maximum atomic E-state index is 12.3. The smallest absolute Gasteiger partial charge is 0.339 e. The van der Waals surface area contributed by atoms with Crippen LogP contribution in [0, 0.1) is 0 Å². The number of nitrogens with zero attached hydrogens (tertiary/aromatic N) is 1. The highest BCUT2D eigenvalue weighted by Gasteiger charge is 2.35. The van der Waals surface area contributed by atoms with Crippen molar-refractivity contribution in [2.24, 2.45) is 5.73 Å². The molecule has 0 unspecified atom stereocenters. The van der Waals surface area contributed by atoms with E-state index >= 15 is 0 Å². The van der Waals surface area contributed by atoms with Gasteiger partial charge < -0.3 is 10.6 Å². The van der Waals surface area contributed by atoms with Crippen molar-refractivity contribution in [3.8, 4) is 0 Å². The fourth-order valence-electron chi connectivity index (χ4n) is 1.73. The highest BCUT2D eigenvalue weighted by atomic mass is 19.4. The summed E-state index contributed by atoms with van der Waals surface area (Å²) < 4.78 is 37.0. The maximum absolute atomic E-state index is 12.3. The molecular weight excluding hydrogens is 233 g/mol. The number of alkyl halides is 3. The van der Waals surface area contributed by atoms with Gasteiger partial charge in [0, 0.05) is 25.1 Å². The molecule has 1 aliphatic rings. The van der Waals surface area contributed by atoms with E-state index in [1.807, 2.05) is 0 Å². The van der Waals surface area contributed by atoms with Crippen LogP contribution < -0.4 is 5.73 Å². The zero-order valence-electron chi connectivity index (χ0n) is 9.59. The predicted octanol–water partition coefficient (Wildman–Crippen LogP) is 1.84. The van der Waals surface area contributed by atoms with Gasteiger partial charge >= 0.3 is 6.18 Å². The van der Waals surface area contributed by atoms with Crippen molar-refractivity contribution in [1.82, 2.24) is 4.90 Å². The molecule has 1 aliphatic heterocycles. The predicted molar refractivity (Wildman–Crippen MR) is 58.2 cm³/mol. The van der Waals surface area contributed by atoms with E-state index in [-0.39, 0.29) is 25.4 Å². The van der Waals surface area contributed by atoms with Crippen LogP contribution in [0.2, 0.25) is 0 Å². The fraction of sp³-hybridized carbons (Fsp3) is 0.727. The Morgan fingerprint density at radius 1 is 1.41 bits per heavy atom. The Hall–Kier alpha value is -1.04. The number of nitrogens with two attached hydrogens (primary N) is 1. The first-order chi connectivity index (χ1) is 7.95. The van der Waals surface area contributed by atoms with Crippen LogP contribution in [0.15, 0.2) is 11.6 Å². The molecular formula is C11H17F3N2O. The standard InChI is InChI=1S/C11H17F3N2O/c12-11(13,14)9-4-7-16(8-5-9)10(17)3-1-2-6-15/h4H,1-3,5-8,15H2. The summed E-state index contributed by atoms with van der Waals surface area (Å²) in [5.74, 6) is -0.0871. The number of hydrogen-bond acceptors (Lipinski definition) is 2. The van der Waals surface area contributed by atoms with Crippen LogP contribution in [-0.4, -0.2) is 36.6 Å². The van der Waals surface area contributed by atoms with Crippen molar-refractivity contribution in [2.45, 2.75) is 31.9 Å².